The van der Waals surface area contributed by atoms with Gasteiger partial charge in [-0.1, -0.05) is 386 Å². The summed E-state index contributed by atoms with van der Waals surface area (Å²) >= 11 is 0. The summed E-state index contributed by atoms with van der Waals surface area (Å²) in [7, 11) is 0. The van der Waals surface area contributed by atoms with Crippen LogP contribution in [0.1, 0.15) is 438 Å². The third-order valence-electron chi connectivity index (χ3n) is 18.1. The minimum absolute atomic E-state index is 0.0225. The van der Waals surface area contributed by atoms with Crippen molar-refractivity contribution in [3.05, 3.63) is 12.2 Å². The average molecular weight is 1160 g/mol. The first kappa shape index (κ1) is 80.6. The van der Waals surface area contributed by atoms with E-state index < -0.39 is 12.1 Å². The molecule has 0 saturated heterocycles. The van der Waals surface area contributed by atoms with Gasteiger partial charge in [-0.2, -0.15) is 0 Å². The largest absolute Gasteiger partial charge is 0.466 e. The summed E-state index contributed by atoms with van der Waals surface area (Å²) in [6.45, 7) is 5.01. The van der Waals surface area contributed by atoms with Crippen molar-refractivity contribution in [2.24, 2.45) is 0 Å². The van der Waals surface area contributed by atoms with Crippen LogP contribution >= 0.6 is 0 Å². The van der Waals surface area contributed by atoms with Gasteiger partial charge < -0.3 is 20.3 Å². The quantitative estimate of drug-likeness (QED) is 0.0320. The second-order valence-electron chi connectivity index (χ2n) is 26.3. The minimum Gasteiger partial charge on any atom is -0.466 e. The molecular formula is C76H149NO5. The Morgan fingerprint density at radius 2 is 0.573 bits per heavy atom. The standard InChI is InChI=1S/C76H149NO5/c1-3-5-7-9-11-13-15-17-19-21-33-38-42-46-50-54-58-62-66-70-76(81)82-71-67-63-59-55-51-47-43-39-35-32-30-28-26-24-22-23-25-27-29-31-34-37-41-45-49-53-57-61-65-69-75(80)77-73(72-78)74(79)68-64-60-56-52-48-44-40-36-20-18-16-14-12-10-8-6-4-2/h22,24,73-74,78-79H,3-21,23,25-72H2,1-2H3,(H,77,80)/b24-22-. The van der Waals surface area contributed by atoms with Gasteiger partial charge in [-0.3, -0.25) is 9.59 Å². The second kappa shape index (κ2) is 72.1. The zero-order valence-corrected chi connectivity index (χ0v) is 56.0. The molecule has 82 heavy (non-hydrogen) atoms. The van der Waals surface area contributed by atoms with E-state index in [0.29, 0.717) is 25.9 Å². The van der Waals surface area contributed by atoms with E-state index in [1.54, 1.807) is 0 Å². The molecule has 6 nitrogen and oxygen atoms in total. The van der Waals surface area contributed by atoms with Gasteiger partial charge in [-0.05, 0) is 51.4 Å². The number of unbranched alkanes of at least 4 members (excludes halogenated alkanes) is 59. The molecular weight excluding hydrogens is 1010 g/mol. The molecule has 6 heteroatoms. The van der Waals surface area contributed by atoms with Crippen molar-refractivity contribution in [2.45, 2.75) is 450 Å². The van der Waals surface area contributed by atoms with Crippen LogP contribution in [0.3, 0.4) is 0 Å². The summed E-state index contributed by atoms with van der Waals surface area (Å²) in [5.74, 6) is -0.00727. The topological polar surface area (TPSA) is 95.9 Å². The Morgan fingerprint density at radius 3 is 0.866 bits per heavy atom. The van der Waals surface area contributed by atoms with Crippen LogP contribution in [0.15, 0.2) is 12.2 Å². The summed E-state index contributed by atoms with van der Waals surface area (Å²) in [6.07, 6.45) is 90.0. The van der Waals surface area contributed by atoms with Crippen LogP contribution in [0.4, 0.5) is 0 Å². The molecule has 0 aromatic carbocycles. The predicted octanol–water partition coefficient (Wildman–Crippen LogP) is 24.7. The number of carbonyl (C=O) groups excluding carboxylic acids is 2. The monoisotopic (exact) mass is 1160 g/mol. The highest BCUT2D eigenvalue weighted by atomic mass is 16.5. The van der Waals surface area contributed by atoms with Gasteiger partial charge in [-0.25, -0.2) is 0 Å². The lowest BCUT2D eigenvalue weighted by Crippen LogP contribution is -2.45. The van der Waals surface area contributed by atoms with E-state index in [1.165, 1.54) is 366 Å². The van der Waals surface area contributed by atoms with Crippen LogP contribution in [0.25, 0.3) is 0 Å². The summed E-state index contributed by atoms with van der Waals surface area (Å²) in [5, 5.41) is 23.4. The van der Waals surface area contributed by atoms with E-state index in [1.807, 2.05) is 0 Å². The fourth-order valence-electron chi connectivity index (χ4n) is 12.3. The lowest BCUT2D eigenvalue weighted by Gasteiger charge is -2.22. The predicted molar refractivity (Wildman–Crippen MR) is 361 cm³/mol. The molecule has 0 aliphatic heterocycles. The van der Waals surface area contributed by atoms with Gasteiger partial charge in [0.05, 0.1) is 25.4 Å². The number of hydrogen-bond acceptors (Lipinski definition) is 5. The highest BCUT2D eigenvalue weighted by Gasteiger charge is 2.20. The Balaban J connectivity index is 3.34. The van der Waals surface area contributed by atoms with Crippen LogP contribution < -0.4 is 5.32 Å². The number of carbonyl (C=O) groups is 2. The lowest BCUT2D eigenvalue weighted by atomic mass is 10.0. The van der Waals surface area contributed by atoms with Gasteiger partial charge in [0, 0.05) is 12.8 Å². The smallest absolute Gasteiger partial charge is 0.305 e. The van der Waals surface area contributed by atoms with Gasteiger partial charge in [0.25, 0.3) is 0 Å². The number of aliphatic hydroxyl groups excluding tert-OH is 2. The van der Waals surface area contributed by atoms with Gasteiger partial charge in [0.1, 0.15) is 0 Å². The Morgan fingerprint density at radius 1 is 0.329 bits per heavy atom. The van der Waals surface area contributed by atoms with Gasteiger partial charge in [-0.15, -0.1) is 0 Å². The van der Waals surface area contributed by atoms with E-state index in [-0.39, 0.29) is 18.5 Å². The molecule has 0 saturated carbocycles. The maximum Gasteiger partial charge on any atom is 0.305 e. The maximum absolute atomic E-state index is 12.5. The molecule has 0 fully saturated rings. The molecule has 2 atom stereocenters. The number of hydrogen-bond donors (Lipinski definition) is 3. The SMILES string of the molecule is CCCCCCCCCCCCCCCCCCCCCC(=O)OCCCCCCCCCCCCCC/C=C\CCCCCCCCCCCCCCCC(=O)NC(CO)C(O)CCCCCCCCCCCCCCCCCCC. The molecule has 2 unspecified atom stereocenters. The number of amides is 1. The molecule has 0 aliphatic carbocycles. The van der Waals surface area contributed by atoms with Gasteiger partial charge in [0.2, 0.25) is 5.91 Å². The van der Waals surface area contributed by atoms with Crippen molar-refractivity contribution in [3.8, 4) is 0 Å². The van der Waals surface area contributed by atoms with Crippen LogP contribution in [-0.2, 0) is 14.3 Å². The Labute approximate surface area is 514 Å². The number of allylic oxidation sites excluding steroid dienone is 2. The lowest BCUT2D eigenvalue weighted by molar-refractivity contribution is -0.143. The summed E-state index contributed by atoms with van der Waals surface area (Å²) < 4.78 is 5.52. The molecule has 0 aliphatic rings. The highest BCUT2D eigenvalue weighted by Crippen LogP contribution is 2.20. The van der Waals surface area contributed by atoms with Crippen LogP contribution in [0.5, 0.6) is 0 Å². The maximum atomic E-state index is 12.5. The molecule has 3 N–H and O–H groups in total. The van der Waals surface area contributed by atoms with Crippen LogP contribution in [0, 0.1) is 0 Å². The van der Waals surface area contributed by atoms with E-state index in [4.69, 9.17) is 4.74 Å². The van der Waals surface area contributed by atoms with Crippen molar-refractivity contribution >= 4 is 11.9 Å². The van der Waals surface area contributed by atoms with E-state index in [9.17, 15) is 19.8 Å². The number of aliphatic hydroxyl groups is 2. The van der Waals surface area contributed by atoms with Crippen molar-refractivity contribution in [3.63, 3.8) is 0 Å². The molecule has 1 amide bonds. The third-order valence-corrected chi connectivity index (χ3v) is 18.1. The zero-order chi connectivity index (χ0) is 59.2. The number of ether oxygens (including phenoxy) is 1. The van der Waals surface area contributed by atoms with Gasteiger partial charge >= 0.3 is 5.97 Å². The van der Waals surface area contributed by atoms with Crippen molar-refractivity contribution in [1.29, 1.82) is 0 Å². The van der Waals surface area contributed by atoms with E-state index in [2.05, 4.69) is 31.3 Å². The molecule has 0 radical (unpaired) electrons. The molecule has 0 bridgehead atoms. The fraction of sp³-hybridized carbons (Fsp3) is 0.947. The van der Waals surface area contributed by atoms with Gasteiger partial charge in [0.15, 0.2) is 0 Å². The van der Waals surface area contributed by atoms with Crippen LogP contribution in [0.2, 0.25) is 0 Å². The summed E-state index contributed by atoms with van der Waals surface area (Å²) in [4.78, 5) is 24.7. The second-order valence-corrected chi connectivity index (χ2v) is 26.3. The molecule has 0 heterocycles. The number of nitrogens with one attached hydrogen (secondary N) is 1. The van der Waals surface area contributed by atoms with E-state index in [0.717, 1.165) is 38.5 Å². The van der Waals surface area contributed by atoms with Crippen molar-refractivity contribution < 1.29 is 24.5 Å². The zero-order valence-electron chi connectivity index (χ0n) is 56.0. The molecule has 0 aromatic heterocycles. The first-order chi connectivity index (χ1) is 40.5. The highest BCUT2D eigenvalue weighted by molar-refractivity contribution is 5.76. The van der Waals surface area contributed by atoms with Crippen molar-refractivity contribution in [2.75, 3.05) is 13.2 Å². The Hall–Kier alpha value is -1.40. The van der Waals surface area contributed by atoms with Crippen molar-refractivity contribution in [1.82, 2.24) is 5.32 Å². The Bertz CT molecular complexity index is 1240. The summed E-state index contributed by atoms with van der Waals surface area (Å²) in [5.41, 5.74) is 0. The normalized spacial score (nSPS) is 12.5. The van der Waals surface area contributed by atoms with E-state index >= 15 is 0 Å². The first-order valence-corrected chi connectivity index (χ1v) is 37.9. The third kappa shape index (κ3) is 67.7. The molecule has 0 aromatic rings. The summed E-state index contributed by atoms with van der Waals surface area (Å²) in [6, 6.07) is -0.541. The molecule has 488 valence electrons. The average Bonchev–Trinajstić information content (AvgIpc) is 3.48. The fourth-order valence-corrected chi connectivity index (χ4v) is 12.3. The molecule has 0 spiro atoms. The number of esters is 1. The minimum atomic E-state index is -0.663. The molecule has 0 rings (SSSR count). The number of rotatable bonds is 72. The first-order valence-electron chi connectivity index (χ1n) is 37.9. The Kier molecular flexibility index (Phi) is 70.8. The van der Waals surface area contributed by atoms with Crippen LogP contribution in [-0.4, -0.2) is 47.4 Å².